The number of rotatable bonds is 4. The monoisotopic (exact) mass is 237 g/mol. The van der Waals surface area contributed by atoms with E-state index in [1.807, 2.05) is 25.2 Å². The van der Waals surface area contributed by atoms with Crippen LogP contribution in [0.2, 0.25) is 0 Å². The third kappa shape index (κ3) is 2.70. The normalized spacial score (nSPS) is 15.6. The van der Waals surface area contributed by atoms with Crippen molar-refractivity contribution in [1.29, 1.82) is 0 Å². The van der Waals surface area contributed by atoms with E-state index in [0.717, 1.165) is 11.3 Å². The van der Waals surface area contributed by atoms with E-state index in [-0.39, 0.29) is 6.79 Å². The van der Waals surface area contributed by atoms with Crippen molar-refractivity contribution < 1.29 is 14.6 Å². The minimum Gasteiger partial charge on any atom is -0.454 e. The molecule has 0 amide bonds. The summed E-state index contributed by atoms with van der Waals surface area (Å²) in [4.78, 5) is 2.11. The fourth-order valence-corrected chi connectivity index (χ4v) is 1.71. The quantitative estimate of drug-likeness (QED) is 0.867. The minimum absolute atomic E-state index is 0.265. The number of likely N-dealkylation sites (N-methyl/N-ethyl adjacent to an activating group) is 1. The van der Waals surface area contributed by atoms with Crippen molar-refractivity contribution in [3.05, 3.63) is 23.8 Å². The SMILES string of the molecule is CC(C)N(C)CC(O)c1ccc2c(c1)OCO2. The molecule has 0 spiro atoms. The van der Waals surface area contributed by atoms with E-state index in [2.05, 4.69) is 18.7 Å². The molecule has 0 bridgehead atoms. The zero-order valence-electron chi connectivity index (χ0n) is 10.5. The predicted molar refractivity (Wildman–Crippen MR) is 65.3 cm³/mol. The van der Waals surface area contributed by atoms with Gasteiger partial charge in [-0.05, 0) is 38.6 Å². The maximum Gasteiger partial charge on any atom is 0.231 e. The minimum atomic E-state index is -0.503. The lowest BCUT2D eigenvalue weighted by molar-refractivity contribution is 0.112. The number of hydrogen-bond donors (Lipinski definition) is 1. The number of aliphatic hydroxyl groups is 1. The molecule has 0 radical (unpaired) electrons. The number of aliphatic hydroxyl groups excluding tert-OH is 1. The molecule has 17 heavy (non-hydrogen) atoms. The Kier molecular flexibility index (Phi) is 3.54. The highest BCUT2D eigenvalue weighted by molar-refractivity contribution is 5.45. The molecule has 0 aliphatic carbocycles. The number of nitrogens with zero attached hydrogens (tertiary/aromatic N) is 1. The summed E-state index contributed by atoms with van der Waals surface area (Å²) in [6.45, 7) is 5.08. The molecule has 1 heterocycles. The van der Waals surface area contributed by atoms with Crippen LogP contribution in [0.3, 0.4) is 0 Å². The lowest BCUT2D eigenvalue weighted by Crippen LogP contribution is -2.30. The summed E-state index contributed by atoms with van der Waals surface area (Å²) in [7, 11) is 2.00. The summed E-state index contributed by atoms with van der Waals surface area (Å²) < 4.78 is 10.5. The van der Waals surface area contributed by atoms with Gasteiger partial charge in [0, 0.05) is 12.6 Å². The molecule has 94 valence electrons. The average Bonchev–Trinajstić information content (AvgIpc) is 2.75. The van der Waals surface area contributed by atoms with Crippen LogP contribution in [0.15, 0.2) is 18.2 Å². The van der Waals surface area contributed by atoms with Gasteiger partial charge >= 0.3 is 0 Å². The Balaban J connectivity index is 2.07. The van der Waals surface area contributed by atoms with E-state index in [0.29, 0.717) is 18.3 Å². The van der Waals surface area contributed by atoms with Gasteiger partial charge in [-0.3, -0.25) is 0 Å². The molecule has 0 saturated heterocycles. The van der Waals surface area contributed by atoms with Gasteiger partial charge in [-0.1, -0.05) is 6.07 Å². The van der Waals surface area contributed by atoms with Gasteiger partial charge in [0.15, 0.2) is 11.5 Å². The lowest BCUT2D eigenvalue weighted by Gasteiger charge is -2.24. The Labute approximate surface area is 102 Å². The zero-order chi connectivity index (χ0) is 12.4. The van der Waals surface area contributed by atoms with Crippen molar-refractivity contribution in [3.8, 4) is 11.5 Å². The maximum atomic E-state index is 10.1. The molecule has 1 aromatic carbocycles. The molecular weight excluding hydrogens is 218 g/mol. The third-order valence-electron chi connectivity index (χ3n) is 3.12. The molecule has 0 aromatic heterocycles. The molecule has 0 saturated carbocycles. The van der Waals surface area contributed by atoms with E-state index in [4.69, 9.17) is 9.47 Å². The summed E-state index contributed by atoms with van der Waals surface area (Å²) in [5.41, 5.74) is 0.863. The second-order valence-corrected chi connectivity index (χ2v) is 4.66. The first kappa shape index (κ1) is 12.2. The van der Waals surface area contributed by atoms with Gasteiger partial charge in [-0.2, -0.15) is 0 Å². The molecule has 1 aromatic rings. The van der Waals surface area contributed by atoms with Crippen LogP contribution in [0.1, 0.15) is 25.5 Å². The summed E-state index contributed by atoms with van der Waals surface area (Å²) >= 11 is 0. The molecule has 1 aliphatic heterocycles. The van der Waals surface area contributed by atoms with Gasteiger partial charge in [-0.15, -0.1) is 0 Å². The van der Waals surface area contributed by atoms with Crippen LogP contribution < -0.4 is 9.47 Å². The molecule has 4 heteroatoms. The molecular formula is C13H19NO3. The van der Waals surface area contributed by atoms with Crippen molar-refractivity contribution in [2.45, 2.75) is 26.0 Å². The van der Waals surface area contributed by atoms with Crippen LogP contribution in [0, 0.1) is 0 Å². The number of fused-ring (bicyclic) bond motifs is 1. The summed E-state index contributed by atoms with van der Waals surface area (Å²) in [6.07, 6.45) is -0.503. The van der Waals surface area contributed by atoms with E-state index < -0.39 is 6.10 Å². The Bertz CT molecular complexity index is 392. The van der Waals surface area contributed by atoms with Crippen LogP contribution in [0.5, 0.6) is 11.5 Å². The Morgan fingerprint density at radius 2 is 2.00 bits per heavy atom. The maximum absolute atomic E-state index is 10.1. The number of ether oxygens (including phenoxy) is 2. The topological polar surface area (TPSA) is 41.9 Å². The molecule has 0 fully saturated rings. The fraction of sp³-hybridized carbons (Fsp3) is 0.538. The van der Waals surface area contributed by atoms with E-state index in [1.54, 1.807) is 0 Å². The van der Waals surface area contributed by atoms with Crippen molar-refractivity contribution >= 4 is 0 Å². The Morgan fingerprint density at radius 3 is 2.71 bits per heavy atom. The third-order valence-corrected chi connectivity index (χ3v) is 3.12. The first-order chi connectivity index (χ1) is 8.08. The molecule has 2 rings (SSSR count). The summed E-state index contributed by atoms with van der Waals surface area (Å²) in [6, 6.07) is 5.99. The van der Waals surface area contributed by atoms with Gasteiger partial charge in [0.05, 0.1) is 6.10 Å². The zero-order valence-corrected chi connectivity index (χ0v) is 10.5. The highest BCUT2D eigenvalue weighted by atomic mass is 16.7. The fourth-order valence-electron chi connectivity index (χ4n) is 1.71. The van der Waals surface area contributed by atoms with Gasteiger partial charge in [0.2, 0.25) is 6.79 Å². The number of benzene rings is 1. The van der Waals surface area contributed by atoms with E-state index >= 15 is 0 Å². The first-order valence-electron chi connectivity index (χ1n) is 5.86. The van der Waals surface area contributed by atoms with E-state index in [1.165, 1.54) is 0 Å². The predicted octanol–water partition coefficient (Wildman–Crippen LogP) is 1.79. The molecule has 1 N–H and O–H groups in total. The van der Waals surface area contributed by atoms with Crippen LogP contribution in [-0.4, -0.2) is 36.4 Å². The average molecular weight is 237 g/mol. The standard InChI is InChI=1S/C13H19NO3/c1-9(2)14(3)7-11(15)10-4-5-12-13(6-10)17-8-16-12/h4-6,9,11,15H,7-8H2,1-3H3. The Hall–Kier alpha value is -1.26. The van der Waals surface area contributed by atoms with Crippen LogP contribution >= 0.6 is 0 Å². The molecule has 1 aliphatic rings. The summed E-state index contributed by atoms with van der Waals surface area (Å²) in [5, 5.41) is 10.1. The second-order valence-electron chi connectivity index (χ2n) is 4.66. The van der Waals surface area contributed by atoms with Crippen LogP contribution in [0.25, 0.3) is 0 Å². The molecule has 1 atom stereocenters. The van der Waals surface area contributed by atoms with Crippen molar-refractivity contribution in [2.24, 2.45) is 0 Å². The highest BCUT2D eigenvalue weighted by Gasteiger charge is 2.18. The molecule has 1 unspecified atom stereocenters. The van der Waals surface area contributed by atoms with Gasteiger partial charge in [0.25, 0.3) is 0 Å². The lowest BCUT2D eigenvalue weighted by atomic mass is 10.1. The number of hydrogen-bond acceptors (Lipinski definition) is 4. The smallest absolute Gasteiger partial charge is 0.231 e. The second kappa shape index (κ2) is 4.94. The van der Waals surface area contributed by atoms with Gasteiger partial charge in [-0.25, -0.2) is 0 Å². The van der Waals surface area contributed by atoms with Crippen molar-refractivity contribution in [2.75, 3.05) is 20.4 Å². The van der Waals surface area contributed by atoms with Crippen molar-refractivity contribution in [3.63, 3.8) is 0 Å². The van der Waals surface area contributed by atoms with Crippen LogP contribution in [0.4, 0.5) is 0 Å². The van der Waals surface area contributed by atoms with Gasteiger partial charge in [0.1, 0.15) is 0 Å². The molecule has 4 nitrogen and oxygen atoms in total. The van der Waals surface area contributed by atoms with Gasteiger partial charge < -0.3 is 19.5 Å². The van der Waals surface area contributed by atoms with E-state index in [9.17, 15) is 5.11 Å². The first-order valence-corrected chi connectivity index (χ1v) is 5.86. The largest absolute Gasteiger partial charge is 0.454 e. The highest BCUT2D eigenvalue weighted by Crippen LogP contribution is 2.34. The van der Waals surface area contributed by atoms with Crippen LogP contribution in [-0.2, 0) is 0 Å². The summed E-state index contributed by atoms with van der Waals surface area (Å²) in [5.74, 6) is 1.46. The Morgan fingerprint density at radius 1 is 1.29 bits per heavy atom. The van der Waals surface area contributed by atoms with Crippen molar-refractivity contribution in [1.82, 2.24) is 4.90 Å².